The molecule has 2 aromatic heterocycles. The number of hydrogen-bond acceptors (Lipinski definition) is 6. The molecule has 1 aliphatic rings. The van der Waals surface area contributed by atoms with Crippen molar-refractivity contribution in [3.63, 3.8) is 0 Å². The van der Waals surface area contributed by atoms with E-state index in [0.29, 0.717) is 48.7 Å². The molecule has 0 unspecified atom stereocenters. The van der Waals surface area contributed by atoms with Gasteiger partial charge in [-0.3, -0.25) is 9.69 Å². The SMILES string of the molecule is CN1CCN(c2ncnc3nn(-c4ccc(C(F)(F)F)cc4)cc23)C[C@@H]1C(=O)NCc1ccc(Br)cc1. The number of nitrogens with zero attached hydrogens (tertiary/aromatic N) is 6. The summed E-state index contributed by atoms with van der Waals surface area (Å²) in [6, 6.07) is 12.1. The van der Waals surface area contributed by atoms with Crippen LogP contribution in [-0.4, -0.2) is 63.3 Å². The summed E-state index contributed by atoms with van der Waals surface area (Å²) in [4.78, 5) is 25.8. The third-order valence-corrected chi connectivity index (χ3v) is 6.91. The highest BCUT2D eigenvalue weighted by atomic mass is 79.9. The van der Waals surface area contributed by atoms with Crippen molar-refractivity contribution in [2.45, 2.75) is 18.8 Å². The molecule has 37 heavy (non-hydrogen) atoms. The van der Waals surface area contributed by atoms with Crippen molar-refractivity contribution < 1.29 is 18.0 Å². The number of anilines is 1. The molecular weight excluding hydrogens is 551 g/mol. The van der Waals surface area contributed by atoms with Crippen molar-refractivity contribution in [3.8, 4) is 5.69 Å². The highest BCUT2D eigenvalue weighted by Gasteiger charge is 2.32. The van der Waals surface area contributed by atoms with Gasteiger partial charge >= 0.3 is 6.18 Å². The molecule has 4 aromatic rings. The lowest BCUT2D eigenvalue weighted by molar-refractivity contribution is -0.137. The molecule has 2 aromatic carbocycles. The molecule has 3 heterocycles. The van der Waals surface area contributed by atoms with Crippen molar-refractivity contribution in [1.29, 1.82) is 0 Å². The van der Waals surface area contributed by atoms with E-state index >= 15 is 0 Å². The van der Waals surface area contributed by atoms with Crippen LogP contribution in [-0.2, 0) is 17.5 Å². The molecule has 0 bridgehead atoms. The van der Waals surface area contributed by atoms with E-state index in [0.717, 1.165) is 22.2 Å². The number of likely N-dealkylation sites (N-methyl/N-ethyl adjacent to an activating group) is 1. The molecule has 0 aliphatic carbocycles. The Bertz CT molecular complexity index is 1410. The Labute approximate surface area is 219 Å². The van der Waals surface area contributed by atoms with Crippen LogP contribution in [0.4, 0.5) is 19.0 Å². The summed E-state index contributed by atoms with van der Waals surface area (Å²) in [5, 5.41) is 8.10. The largest absolute Gasteiger partial charge is 0.416 e. The molecule has 1 atom stereocenters. The number of rotatable bonds is 5. The van der Waals surface area contributed by atoms with Gasteiger partial charge < -0.3 is 10.2 Å². The van der Waals surface area contributed by atoms with Crippen LogP contribution in [0.2, 0.25) is 0 Å². The van der Waals surface area contributed by atoms with E-state index in [2.05, 4.69) is 36.3 Å². The van der Waals surface area contributed by atoms with Gasteiger partial charge in [-0.1, -0.05) is 28.1 Å². The smallest absolute Gasteiger partial charge is 0.353 e. The Hall–Kier alpha value is -3.51. The number of benzene rings is 2. The zero-order chi connectivity index (χ0) is 26.2. The second kappa shape index (κ2) is 10.1. The van der Waals surface area contributed by atoms with Crippen molar-refractivity contribution in [2.75, 3.05) is 31.6 Å². The molecule has 0 radical (unpaired) electrons. The molecule has 1 saturated heterocycles. The molecule has 8 nitrogen and oxygen atoms in total. The number of aromatic nitrogens is 4. The number of alkyl halides is 3. The normalized spacial score (nSPS) is 16.8. The van der Waals surface area contributed by atoms with Gasteiger partial charge in [-0.05, 0) is 49.0 Å². The molecule has 192 valence electrons. The molecular formula is C25H23BrF3N7O. The Kier molecular flexibility index (Phi) is 6.86. The fraction of sp³-hybridized carbons (Fsp3) is 0.280. The molecule has 0 spiro atoms. The minimum absolute atomic E-state index is 0.0825. The summed E-state index contributed by atoms with van der Waals surface area (Å²) >= 11 is 3.41. The van der Waals surface area contributed by atoms with E-state index < -0.39 is 11.7 Å². The van der Waals surface area contributed by atoms with Gasteiger partial charge in [-0.15, -0.1) is 5.10 Å². The highest BCUT2D eigenvalue weighted by molar-refractivity contribution is 9.10. The minimum Gasteiger partial charge on any atom is -0.353 e. The second-order valence-electron chi connectivity index (χ2n) is 8.84. The standard InChI is InChI=1S/C25H23BrF3N7O/c1-34-10-11-35(14-21(34)24(37)30-12-16-2-6-18(26)7-3-16)23-20-13-36(33-22(20)31-15-32-23)19-8-4-17(5-9-19)25(27,28)29/h2-9,13,15,21H,10-12,14H2,1H3,(H,30,37)/t21-/m1/s1. The van der Waals surface area contributed by atoms with Crippen LogP contribution < -0.4 is 10.2 Å². The first-order valence-electron chi connectivity index (χ1n) is 11.5. The molecule has 1 aliphatic heterocycles. The summed E-state index contributed by atoms with van der Waals surface area (Å²) in [6.45, 7) is 2.13. The van der Waals surface area contributed by atoms with Crippen LogP contribution in [0.25, 0.3) is 16.7 Å². The maximum atomic E-state index is 13.1. The third kappa shape index (κ3) is 5.44. The number of carbonyl (C=O) groups is 1. The number of carbonyl (C=O) groups excluding carboxylic acids is 1. The van der Waals surface area contributed by atoms with Gasteiger partial charge in [-0.25, -0.2) is 14.6 Å². The van der Waals surface area contributed by atoms with E-state index in [1.165, 1.54) is 23.1 Å². The Morgan fingerprint density at radius 1 is 1.08 bits per heavy atom. The van der Waals surface area contributed by atoms with Crippen LogP contribution in [0, 0.1) is 0 Å². The first kappa shape index (κ1) is 25.2. The maximum absolute atomic E-state index is 13.1. The van der Waals surface area contributed by atoms with Crippen molar-refractivity contribution >= 4 is 38.7 Å². The second-order valence-corrected chi connectivity index (χ2v) is 9.76. The summed E-state index contributed by atoms with van der Waals surface area (Å²) in [7, 11) is 1.92. The van der Waals surface area contributed by atoms with E-state index in [4.69, 9.17) is 0 Å². The summed E-state index contributed by atoms with van der Waals surface area (Å²) in [5.41, 5.74) is 1.16. The first-order chi connectivity index (χ1) is 17.7. The van der Waals surface area contributed by atoms with Crippen LogP contribution in [0.3, 0.4) is 0 Å². The highest BCUT2D eigenvalue weighted by Crippen LogP contribution is 2.30. The minimum atomic E-state index is -4.41. The molecule has 1 fully saturated rings. The number of halogens is 4. The summed E-state index contributed by atoms with van der Waals surface area (Å²) < 4.78 is 41.3. The Morgan fingerprint density at radius 2 is 1.81 bits per heavy atom. The lowest BCUT2D eigenvalue weighted by Crippen LogP contribution is -2.57. The first-order valence-corrected chi connectivity index (χ1v) is 12.3. The van der Waals surface area contributed by atoms with Gasteiger partial charge in [0.1, 0.15) is 18.2 Å². The van der Waals surface area contributed by atoms with Crippen LogP contribution in [0.1, 0.15) is 11.1 Å². The van der Waals surface area contributed by atoms with Gasteiger partial charge in [0.25, 0.3) is 0 Å². The number of hydrogen-bond donors (Lipinski definition) is 1. The molecule has 1 amide bonds. The third-order valence-electron chi connectivity index (χ3n) is 6.39. The fourth-order valence-corrected chi connectivity index (χ4v) is 4.54. The predicted octanol–water partition coefficient (Wildman–Crippen LogP) is 4.03. The number of amides is 1. The van der Waals surface area contributed by atoms with Gasteiger partial charge in [0.05, 0.1) is 16.6 Å². The number of nitrogens with one attached hydrogen (secondary N) is 1. The van der Waals surface area contributed by atoms with E-state index in [1.54, 1.807) is 6.20 Å². The van der Waals surface area contributed by atoms with Gasteiger partial charge in [0.2, 0.25) is 5.91 Å². The molecule has 0 saturated carbocycles. The molecule has 5 rings (SSSR count). The van der Waals surface area contributed by atoms with Gasteiger partial charge in [0.15, 0.2) is 5.65 Å². The van der Waals surface area contributed by atoms with Crippen LogP contribution >= 0.6 is 15.9 Å². The zero-order valence-electron chi connectivity index (χ0n) is 19.8. The average Bonchev–Trinajstić information content (AvgIpc) is 3.33. The van der Waals surface area contributed by atoms with E-state index in [1.807, 2.05) is 41.1 Å². The van der Waals surface area contributed by atoms with Crippen LogP contribution in [0.15, 0.2) is 65.5 Å². The predicted molar refractivity (Wildman–Crippen MR) is 136 cm³/mol. The maximum Gasteiger partial charge on any atom is 0.416 e. The van der Waals surface area contributed by atoms with Crippen molar-refractivity contribution in [3.05, 3.63) is 76.7 Å². The number of piperazine rings is 1. The average molecular weight is 574 g/mol. The number of fused-ring (bicyclic) bond motifs is 1. The monoisotopic (exact) mass is 573 g/mol. The van der Waals surface area contributed by atoms with E-state index in [9.17, 15) is 18.0 Å². The summed E-state index contributed by atoms with van der Waals surface area (Å²) in [6.07, 6.45) is -1.30. The Balaban J connectivity index is 1.34. The molecule has 12 heteroatoms. The van der Waals surface area contributed by atoms with E-state index in [-0.39, 0.29) is 11.9 Å². The quantitative estimate of drug-likeness (QED) is 0.388. The fourth-order valence-electron chi connectivity index (χ4n) is 4.27. The van der Waals surface area contributed by atoms with Gasteiger partial charge in [-0.2, -0.15) is 13.2 Å². The van der Waals surface area contributed by atoms with Gasteiger partial charge in [0, 0.05) is 36.8 Å². The lowest BCUT2D eigenvalue weighted by Gasteiger charge is -2.39. The Morgan fingerprint density at radius 3 is 2.51 bits per heavy atom. The zero-order valence-corrected chi connectivity index (χ0v) is 21.4. The van der Waals surface area contributed by atoms with Crippen LogP contribution in [0.5, 0.6) is 0 Å². The van der Waals surface area contributed by atoms with Crippen molar-refractivity contribution in [2.24, 2.45) is 0 Å². The van der Waals surface area contributed by atoms with Crippen molar-refractivity contribution in [1.82, 2.24) is 30.0 Å². The lowest BCUT2D eigenvalue weighted by atomic mass is 10.1. The molecule has 1 N–H and O–H groups in total. The topological polar surface area (TPSA) is 79.2 Å². The summed E-state index contributed by atoms with van der Waals surface area (Å²) in [5.74, 6) is 0.544.